The maximum Gasteiger partial charge on any atom is 0.0746 e. The van der Waals surface area contributed by atoms with Gasteiger partial charge in [0.15, 0.2) is 0 Å². The fourth-order valence-electron chi connectivity index (χ4n) is 0.960. The number of aliphatic imine (C=N–C) groups is 2. The lowest BCUT2D eigenvalue weighted by Crippen LogP contribution is -2.18. The Morgan fingerprint density at radius 2 is 1.92 bits per heavy atom. The molecule has 12 heavy (non-hydrogen) atoms. The predicted molar refractivity (Wildman–Crippen MR) is 54.6 cm³/mol. The minimum Gasteiger partial charge on any atom is -0.396 e. The normalized spacial score (nSPS) is 14.6. The molecule has 0 aromatic heterocycles. The first-order chi connectivity index (χ1) is 5.54. The van der Waals surface area contributed by atoms with E-state index in [2.05, 4.69) is 16.7 Å². The highest BCUT2D eigenvalue weighted by molar-refractivity contribution is 6.01. The molecule has 3 heteroatoms. The van der Waals surface area contributed by atoms with E-state index in [0.717, 1.165) is 11.4 Å². The Morgan fingerprint density at radius 3 is 2.17 bits per heavy atom. The summed E-state index contributed by atoms with van der Waals surface area (Å²) in [6.07, 6.45) is 0. The zero-order chi connectivity index (χ0) is 9.72. The second-order valence-electron chi connectivity index (χ2n) is 2.92. The van der Waals surface area contributed by atoms with Crippen LogP contribution in [0.15, 0.2) is 21.4 Å². The van der Waals surface area contributed by atoms with Crippen LogP contribution >= 0.6 is 0 Å². The van der Waals surface area contributed by atoms with Crippen LogP contribution in [0.2, 0.25) is 0 Å². The average Bonchev–Trinajstić information content (AvgIpc) is 2.03. The molecule has 0 aliphatic heterocycles. The van der Waals surface area contributed by atoms with Crippen LogP contribution in [0.4, 0.5) is 0 Å². The van der Waals surface area contributed by atoms with E-state index in [1.165, 1.54) is 0 Å². The van der Waals surface area contributed by atoms with Crippen LogP contribution in [0.1, 0.15) is 20.8 Å². The van der Waals surface area contributed by atoms with Gasteiger partial charge < -0.3 is 5.73 Å². The number of rotatable bonds is 3. The van der Waals surface area contributed by atoms with Crippen LogP contribution < -0.4 is 5.73 Å². The highest BCUT2D eigenvalue weighted by Gasteiger charge is 2.09. The van der Waals surface area contributed by atoms with Crippen molar-refractivity contribution < 1.29 is 0 Å². The van der Waals surface area contributed by atoms with Crippen LogP contribution in [-0.2, 0) is 0 Å². The number of nitrogens with two attached hydrogens (primary N) is 1. The second-order valence-corrected chi connectivity index (χ2v) is 2.92. The summed E-state index contributed by atoms with van der Waals surface area (Å²) in [5.74, 6) is 0.326. The van der Waals surface area contributed by atoms with Gasteiger partial charge in [-0.1, -0.05) is 13.8 Å². The van der Waals surface area contributed by atoms with E-state index < -0.39 is 0 Å². The van der Waals surface area contributed by atoms with Crippen molar-refractivity contribution in [1.29, 1.82) is 0 Å². The molecule has 0 atom stereocenters. The third-order valence-corrected chi connectivity index (χ3v) is 1.69. The first-order valence-electron chi connectivity index (χ1n) is 3.94. The van der Waals surface area contributed by atoms with E-state index in [1.807, 2.05) is 20.8 Å². The van der Waals surface area contributed by atoms with E-state index in [1.54, 1.807) is 7.05 Å². The van der Waals surface area contributed by atoms with Crippen molar-refractivity contribution in [3.8, 4) is 0 Å². The van der Waals surface area contributed by atoms with E-state index in [9.17, 15) is 0 Å². The molecule has 0 aromatic rings. The fraction of sp³-hybridized carbons (Fsp3) is 0.556. The van der Waals surface area contributed by atoms with E-state index >= 15 is 0 Å². The zero-order valence-corrected chi connectivity index (χ0v) is 8.26. The maximum atomic E-state index is 5.80. The Kier molecular flexibility index (Phi) is 4.26. The van der Waals surface area contributed by atoms with Crippen molar-refractivity contribution in [3.63, 3.8) is 0 Å². The Morgan fingerprint density at radius 1 is 1.42 bits per heavy atom. The molecule has 0 amide bonds. The van der Waals surface area contributed by atoms with Crippen molar-refractivity contribution >= 4 is 12.4 Å². The molecule has 0 fully saturated rings. The van der Waals surface area contributed by atoms with Gasteiger partial charge in [-0.15, -0.1) is 0 Å². The van der Waals surface area contributed by atoms with E-state index in [0.29, 0.717) is 11.6 Å². The Balaban J connectivity index is 4.89. The number of hydrogen-bond acceptors (Lipinski definition) is 3. The summed E-state index contributed by atoms with van der Waals surface area (Å²) < 4.78 is 0. The first-order valence-corrected chi connectivity index (χ1v) is 3.94. The summed E-state index contributed by atoms with van der Waals surface area (Å²) in [5, 5.41) is 0. The monoisotopic (exact) mass is 167 g/mol. The quantitative estimate of drug-likeness (QED) is 0.638. The number of hydrogen-bond donors (Lipinski definition) is 1. The summed E-state index contributed by atoms with van der Waals surface area (Å²) in [6, 6.07) is 0. The lowest BCUT2D eigenvalue weighted by molar-refractivity contribution is 0.874. The van der Waals surface area contributed by atoms with Crippen molar-refractivity contribution in [2.24, 2.45) is 21.6 Å². The van der Waals surface area contributed by atoms with Gasteiger partial charge in [-0.3, -0.25) is 9.98 Å². The molecule has 2 N–H and O–H groups in total. The zero-order valence-electron chi connectivity index (χ0n) is 8.26. The largest absolute Gasteiger partial charge is 0.396 e. The van der Waals surface area contributed by atoms with Gasteiger partial charge in [0.2, 0.25) is 0 Å². The molecular weight excluding hydrogens is 150 g/mol. The van der Waals surface area contributed by atoms with Crippen molar-refractivity contribution in [2.75, 3.05) is 7.05 Å². The summed E-state index contributed by atoms with van der Waals surface area (Å²) in [5.41, 5.74) is 8.07. The number of allylic oxidation sites excluding steroid dienone is 2. The molecule has 0 saturated carbocycles. The van der Waals surface area contributed by atoms with E-state index in [-0.39, 0.29) is 0 Å². The molecule has 68 valence electrons. The highest BCUT2D eigenvalue weighted by atomic mass is 14.8. The highest BCUT2D eigenvalue weighted by Crippen LogP contribution is 2.08. The van der Waals surface area contributed by atoms with Crippen LogP contribution in [-0.4, -0.2) is 19.5 Å². The summed E-state index contributed by atoms with van der Waals surface area (Å²) in [4.78, 5) is 7.87. The molecule has 0 unspecified atom stereocenters. The standard InChI is InChI=1S/C9H17N3/c1-6(2)9(12-5)8(10)7(3)11-4/h6H,4,10H2,1-3,5H3/b8-7+,12-9-. The van der Waals surface area contributed by atoms with Crippen molar-refractivity contribution in [2.45, 2.75) is 20.8 Å². The molecule has 0 saturated heterocycles. The van der Waals surface area contributed by atoms with E-state index in [4.69, 9.17) is 5.73 Å². The Hall–Kier alpha value is -1.12. The van der Waals surface area contributed by atoms with Crippen molar-refractivity contribution in [3.05, 3.63) is 11.4 Å². The van der Waals surface area contributed by atoms with Gasteiger partial charge in [-0.2, -0.15) is 0 Å². The first kappa shape index (κ1) is 10.9. The van der Waals surface area contributed by atoms with Gasteiger partial charge in [0.25, 0.3) is 0 Å². The second kappa shape index (κ2) is 4.70. The van der Waals surface area contributed by atoms with Crippen LogP contribution in [0.5, 0.6) is 0 Å². The molecule has 0 heterocycles. The van der Waals surface area contributed by atoms with Gasteiger partial charge in [0.05, 0.1) is 17.1 Å². The molecule has 0 aliphatic carbocycles. The lowest BCUT2D eigenvalue weighted by Gasteiger charge is -2.10. The van der Waals surface area contributed by atoms with Gasteiger partial charge in [0, 0.05) is 7.05 Å². The summed E-state index contributed by atoms with van der Waals surface area (Å²) in [7, 11) is 1.73. The molecule has 0 aromatic carbocycles. The summed E-state index contributed by atoms with van der Waals surface area (Å²) in [6.45, 7) is 9.34. The molecule has 0 aliphatic rings. The van der Waals surface area contributed by atoms with Gasteiger partial charge in [-0.25, -0.2) is 0 Å². The molecule has 0 bridgehead atoms. The topological polar surface area (TPSA) is 50.7 Å². The van der Waals surface area contributed by atoms with Crippen LogP contribution in [0.3, 0.4) is 0 Å². The third kappa shape index (κ3) is 2.49. The van der Waals surface area contributed by atoms with Crippen LogP contribution in [0.25, 0.3) is 0 Å². The minimum absolute atomic E-state index is 0.326. The minimum atomic E-state index is 0.326. The molecule has 0 spiro atoms. The predicted octanol–water partition coefficient (Wildman–Crippen LogP) is 1.60. The third-order valence-electron chi connectivity index (χ3n) is 1.69. The molecule has 0 rings (SSSR count). The smallest absolute Gasteiger partial charge is 0.0746 e. The molecular formula is C9H17N3. The fourth-order valence-corrected chi connectivity index (χ4v) is 0.960. The average molecular weight is 167 g/mol. The summed E-state index contributed by atoms with van der Waals surface area (Å²) >= 11 is 0. The van der Waals surface area contributed by atoms with Gasteiger partial charge >= 0.3 is 0 Å². The number of nitrogens with zero attached hydrogens (tertiary/aromatic N) is 2. The lowest BCUT2D eigenvalue weighted by atomic mass is 10.0. The SMILES string of the molecule is C=N/C(C)=C(N)\C(=N/C)C(C)C. The Bertz CT molecular complexity index is 224. The Labute approximate surface area is 74.1 Å². The molecule has 3 nitrogen and oxygen atoms in total. The van der Waals surface area contributed by atoms with Gasteiger partial charge in [-0.05, 0) is 19.6 Å². The van der Waals surface area contributed by atoms with Gasteiger partial charge in [0.1, 0.15) is 0 Å². The van der Waals surface area contributed by atoms with Crippen molar-refractivity contribution in [1.82, 2.24) is 0 Å². The molecule has 0 radical (unpaired) electrons. The van der Waals surface area contributed by atoms with Crippen LogP contribution in [0, 0.1) is 5.92 Å². The maximum absolute atomic E-state index is 5.80.